The Morgan fingerprint density at radius 2 is 1.38 bits per heavy atom. The van der Waals surface area contributed by atoms with Crippen LogP contribution in [0.15, 0.2) is 78.9 Å². The number of ether oxygens (including phenoxy) is 2. The Bertz CT molecular complexity index is 1120. The largest absolute Gasteiger partial charge is 0.497 e. The van der Waals surface area contributed by atoms with Gasteiger partial charge in [0.05, 0.1) is 12.7 Å². The van der Waals surface area contributed by atoms with E-state index in [4.69, 9.17) is 9.47 Å². The van der Waals surface area contributed by atoms with Gasteiger partial charge in [-0.25, -0.2) is 4.79 Å². The van der Waals surface area contributed by atoms with Crippen LogP contribution in [0.4, 0.5) is 0 Å². The van der Waals surface area contributed by atoms with Gasteiger partial charge in [0.25, 0.3) is 5.91 Å². The Morgan fingerprint density at radius 3 is 2.03 bits per heavy atom. The fraction of sp³-hybridized carbons (Fsp3) is 0.120. The number of rotatable bonds is 9. The van der Waals surface area contributed by atoms with Gasteiger partial charge in [0.2, 0.25) is 11.6 Å². The molecule has 0 unspecified atom stereocenters. The quantitative estimate of drug-likeness (QED) is 0.317. The fourth-order valence-electron chi connectivity index (χ4n) is 2.86. The predicted octanol–water partition coefficient (Wildman–Crippen LogP) is 3.23. The van der Waals surface area contributed by atoms with E-state index >= 15 is 0 Å². The molecule has 0 heterocycles. The van der Waals surface area contributed by atoms with Crippen molar-refractivity contribution in [3.05, 3.63) is 101 Å². The number of methoxy groups -OCH3 is 1. The number of Topliss-reactive ketones (excluding diaryl/α,β-unsaturated/α-hetero) is 2. The van der Waals surface area contributed by atoms with Crippen molar-refractivity contribution in [3.63, 3.8) is 0 Å². The van der Waals surface area contributed by atoms with Crippen LogP contribution in [0.5, 0.6) is 5.75 Å². The second kappa shape index (κ2) is 10.7. The van der Waals surface area contributed by atoms with E-state index in [0.29, 0.717) is 11.3 Å². The molecule has 3 aromatic rings. The summed E-state index contributed by atoms with van der Waals surface area (Å²) in [5, 5.41) is 2.66. The molecule has 0 aromatic heterocycles. The van der Waals surface area contributed by atoms with Gasteiger partial charge in [0, 0.05) is 17.7 Å². The number of ketones is 2. The summed E-state index contributed by atoms with van der Waals surface area (Å²) in [6.07, 6.45) is 0. The molecule has 0 fully saturated rings. The monoisotopic (exact) mass is 431 g/mol. The molecule has 1 amide bonds. The SMILES string of the molecule is COc1cccc(CNC(=O)COC(=O)c2ccc(C(=O)C(=O)c3ccccc3)cc2)c1. The van der Waals surface area contributed by atoms with E-state index in [-0.39, 0.29) is 17.7 Å². The highest BCUT2D eigenvalue weighted by Crippen LogP contribution is 2.13. The Morgan fingerprint density at radius 1 is 0.750 bits per heavy atom. The van der Waals surface area contributed by atoms with Crippen LogP contribution in [0.1, 0.15) is 36.6 Å². The number of esters is 1. The molecular formula is C25H21NO6. The van der Waals surface area contributed by atoms with Crippen molar-refractivity contribution in [2.24, 2.45) is 0 Å². The van der Waals surface area contributed by atoms with E-state index in [0.717, 1.165) is 5.56 Å². The highest BCUT2D eigenvalue weighted by atomic mass is 16.5. The third-order valence-corrected chi connectivity index (χ3v) is 4.58. The maximum Gasteiger partial charge on any atom is 0.338 e. The summed E-state index contributed by atoms with van der Waals surface area (Å²) in [5.74, 6) is -1.80. The molecule has 0 aliphatic carbocycles. The maximum absolute atomic E-state index is 12.3. The molecule has 0 aliphatic rings. The predicted molar refractivity (Wildman–Crippen MR) is 117 cm³/mol. The minimum atomic E-state index is -0.713. The molecule has 3 rings (SSSR count). The lowest BCUT2D eigenvalue weighted by molar-refractivity contribution is -0.124. The molecule has 0 aliphatic heterocycles. The second-order valence-electron chi connectivity index (χ2n) is 6.81. The van der Waals surface area contributed by atoms with Crippen LogP contribution in [0.2, 0.25) is 0 Å². The minimum absolute atomic E-state index is 0.159. The normalized spacial score (nSPS) is 10.2. The van der Waals surface area contributed by atoms with Crippen LogP contribution in [0.3, 0.4) is 0 Å². The van der Waals surface area contributed by atoms with Crippen LogP contribution >= 0.6 is 0 Å². The third kappa shape index (κ3) is 5.89. The number of hydrogen-bond donors (Lipinski definition) is 1. The van der Waals surface area contributed by atoms with Crippen molar-refractivity contribution in [1.29, 1.82) is 0 Å². The van der Waals surface area contributed by atoms with Crippen molar-refractivity contribution in [2.75, 3.05) is 13.7 Å². The summed E-state index contributed by atoms with van der Waals surface area (Å²) in [6, 6.07) is 21.0. The van der Waals surface area contributed by atoms with E-state index in [2.05, 4.69) is 5.32 Å². The highest BCUT2D eigenvalue weighted by Gasteiger charge is 2.19. The van der Waals surface area contributed by atoms with Gasteiger partial charge in [-0.05, 0) is 29.8 Å². The first-order chi connectivity index (χ1) is 15.5. The molecule has 0 saturated carbocycles. The summed E-state index contributed by atoms with van der Waals surface area (Å²) in [7, 11) is 1.56. The van der Waals surface area contributed by atoms with Gasteiger partial charge >= 0.3 is 5.97 Å². The number of nitrogens with one attached hydrogen (secondary N) is 1. The van der Waals surface area contributed by atoms with Crippen molar-refractivity contribution >= 4 is 23.4 Å². The Labute approximate surface area is 185 Å². The summed E-state index contributed by atoms with van der Waals surface area (Å²) in [5.41, 5.74) is 1.45. The van der Waals surface area contributed by atoms with Gasteiger partial charge in [0.15, 0.2) is 6.61 Å². The molecule has 3 aromatic carbocycles. The Balaban J connectivity index is 1.50. The Kier molecular flexibility index (Phi) is 7.48. The fourth-order valence-corrected chi connectivity index (χ4v) is 2.86. The molecule has 7 nitrogen and oxygen atoms in total. The summed E-state index contributed by atoms with van der Waals surface area (Å²) < 4.78 is 10.1. The zero-order chi connectivity index (χ0) is 22.9. The third-order valence-electron chi connectivity index (χ3n) is 4.58. The number of hydrogen-bond acceptors (Lipinski definition) is 6. The van der Waals surface area contributed by atoms with Crippen LogP contribution < -0.4 is 10.1 Å². The van der Waals surface area contributed by atoms with Crippen molar-refractivity contribution < 1.29 is 28.7 Å². The van der Waals surface area contributed by atoms with Gasteiger partial charge in [-0.2, -0.15) is 0 Å². The lowest BCUT2D eigenvalue weighted by Gasteiger charge is -2.08. The molecule has 32 heavy (non-hydrogen) atoms. The van der Waals surface area contributed by atoms with Crippen molar-refractivity contribution in [3.8, 4) is 5.75 Å². The molecule has 162 valence electrons. The maximum atomic E-state index is 12.3. The number of amides is 1. The zero-order valence-corrected chi connectivity index (χ0v) is 17.4. The van der Waals surface area contributed by atoms with Gasteiger partial charge in [-0.15, -0.1) is 0 Å². The highest BCUT2D eigenvalue weighted by molar-refractivity contribution is 6.49. The molecular weight excluding hydrogens is 410 g/mol. The van der Waals surface area contributed by atoms with E-state index in [1.165, 1.54) is 24.3 Å². The van der Waals surface area contributed by atoms with Crippen molar-refractivity contribution in [1.82, 2.24) is 5.32 Å². The van der Waals surface area contributed by atoms with Gasteiger partial charge in [0.1, 0.15) is 5.75 Å². The van der Waals surface area contributed by atoms with Crippen LogP contribution in [-0.4, -0.2) is 37.2 Å². The van der Waals surface area contributed by atoms with E-state index in [1.54, 1.807) is 49.6 Å². The van der Waals surface area contributed by atoms with Crippen LogP contribution in [0.25, 0.3) is 0 Å². The van der Waals surface area contributed by atoms with Gasteiger partial charge in [-0.3, -0.25) is 14.4 Å². The lowest BCUT2D eigenvalue weighted by Crippen LogP contribution is -2.28. The summed E-state index contributed by atoms with van der Waals surface area (Å²) in [4.78, 5) is 48.7. The first kappa shape index (κ1) is 22.4. The summed E-state index contributed by atoms with van der Waals surface area (Å²) >= 11 is 0. The van der Waals surface area contributed by atoms with E-state index < -0.39 is 30.0 Å². The molecule has 0 bridgehead atoms. The topological polar surface area (TPSA) is 98.8 Å². The van der Waals surface area contributed by atoms with Crippen molar-refractivity contribution in [2.45, 2.75) is 6.54 Å². The smallest absolute Gasteiger partial charge is 0.338 e. The second-order valence-corrected chi connectivity index (χ2v) is 6.81. The number of carbonyl (C=O) groups excluding carboxylic acids is 4. The molecule has 0 radical (unpaired) electrons. The summed E-state index contributed by atoms with van der Waals surface area (Å²) in [6.45, 7) is -0.185. The molecule has 1 N–H and O–H groups in total. The molecule has 7 heteroatoms. The first-order valence-electron chi connectivity index (χ1n) is 9.79. The van der Waals surface area contributed by atoms with E-state index in [1.807, 2.05) is 12.1 Å². The lowest BCUT2D eigenvalue weighted by atomic mass is 10.0. The van der Waals surface area contributed by atoms with Gasteiger partial charge in [-0.1, -0.05) is 54.6 Å². The average Bonchev–Trinajstić information content (AvgIpc) is 2.85. The minimum Gasteiger partial charge on any atom is -0.497 e. The molecule has 0 atom stereocenters. The van der Waals surface area contributed by atoms with Crippen LogP contribution in [-0.2, 0) is 16.1 Å². The number of benzene rings is 3. The van der Waals surface area contributed by atoms with E-state index in [9.17, 15) is 19.2 Å². The first-order valence-corrected chi connectivity index (χ1v) is 9.79. The van der Waals surface area contributed by atoms with Gasteiger partial charge < -0.3 is 14.8 Å². The average molecular weight is 431 g/mol. The standard InChI is InChI=1S/C25H21NO6/c1-31-21-9-5-6-17(14-21)15-26-22(27)16-32-25(30)20-12-10-19(11-13-20)24(29)23(28)18-7-3-2-4-8-18/h2-14H,15-16H2,1H3,(H,26,27). The Hall–Kier alpha value is -4.26. The molecule has 0 saturated heterocycles. The molecule has 0 spiro atoms. The van der Waals surface area contributed by atoms with Crippen LogP contribution in [0, 0.1) is 0 Å². The zero-order valence-electron chi connectivity index (χ0n) is 17.4. The number of carbonyl (C=O) groups is 4.